The minimum atomic E-state index is -0.262. The van der Waals surface area contributed by atoms with Crippen LogP contribution in [0.25, 0.3) is 11.3 Å². The van der Waals surface area contributed by atoms with Crippen molar-refractivity contribution in [1.29, 1.82) is 0 Å². The predicted molar refractivity (Wildman–Crippen MR) is 103 cm³/mol. The van der Waals surface area contributed by atoms with Crippen molar-refractivity contribution in [3.8, 4) is 11.3 Å². The molecule has 0 bridgehead atoms. The van der Waals surface area contributed by atoms with Gasteiger partial charge in [-0.1, -0.05) is 48.0 Å². The van der Waals surface area contributed by atoms with Gasteiger partial charge in [-0.3, -0.25) is 4.99 Å². The molecule has 3 nitrogen and oxygen atoms in total. The molecule has 3 rings (SSSR count). The van der Waals surface area contributed by atoms with Gasteiger partial charge in [0.05, 0.1) is 18.5 Å². The van der Waals surface area contributed by atoms with Gasteiger partial charge in [-0.15, -0.1) is 17.9 Å². The molecule has 0 aliphatic rings. The molecule has 0 atom stereocenters. The summed E-state index contributed by atoms with van der Waals surface area (Å²) in [5, 5.41) is 6.61. The summed E-state index contributed by atoms with van der Waals surface area (Å²) in [5.41, 5.74) is 4.06. The van der Waals surface area contributed by atoms with Crippen LogP contribution in [0.2, 0.25) is 0 Å². The van der Waals surface area contributed by atoms with Crippen molar-refractivity contribution in [2.45, 2.75) is 6.92 Å². The smallest absolute Gasteiger partial charge is 0.206 e. The first kappa shape index (κ1) is 17.0. The van der Waals surface area contributed by atoms with E-state index in [1.54, 1.807) is 24.4 Å². The third kappa shape index (κ3) is 4.19. The van der Waals surface area contributed by atoms with Crippen molar-refractivity contribution in [1.82, 2.24) is 4.68 Å². The number of hydrogen-bond donors (Lipinski definition) is 0. The Morgan fingerprint density at radius 3 is 2.52 bits per heavy atom. The van der Waals surface area contributed by atoms with E-state index in [4.69, 9.17) is 0 Å². The maximum absolute atomic E-state index is 13.0. The quantitative estimate of drug-likeness (QED) is 0.474. The minimum Gasteiger partial charge on any atom is -0.253 e. The molecule has 0 saturated carbocycles. The Kier molecular flexibility index (Phi) is 5.36. The summed E-state index contributed by atoms with van der Waals surface area (Å²) >= 11 is 1.53. The van der Waals surface area contributed by atoms with Gasteiger partial charge in [0.15, 0.2) is 0 Å². The van der Waals surface area contributed by atoms with E-state index in [1.807, 2.05) is 10.1 Å². The second kappa shape index (κ2) is 7.85. The zero-order valence-corrected chi connectivity index (χ0v) is 14.7. The lowest BCUT2D eigenvalue weighted by atomic mass is 10.1. The number of rotatable bonds is 5. The van der Waals surface area contributed by atoms with Gasteiger partial charge in [0, 0.05) is 10.9 Å². The zero-order chi connectivity index (χ0) is 17.6. The second-order valence-electron chi connectivity index (χ2n) is 5.51. The molecule has 0 aliphatic carbocycles. The SMILES string of the molecule is C=CCN=c1scc(-c2ccc(C)cc2)n1/N=C\c1ccc(F)cc1. The Morgan fingerprint density at radius 1 is 1.12 bits per heavy atom. The van der Waals surface area contributed by atoms with Crippen LogP contribution < -0.4 is 4.80 Å². The van der Waals surface area contributed by atoms with Crippen LogP contribution in [0.1, 0.15) is 11.1 Å². The van der Waals surface area contributed by atoms with Gasteiger partial charge in [-0.05, 0) is 24.6 Å². The van der Waals surface area contributed by atoms with Crippen molar-refractivity contribution >= 4 is 17.6 Å². The molecule has 0 fully saturated rings. The molecule has 0 saturated heterocycles. The lowest BCUT2D eigenvalue weighted by molar-refractivity contribution is 0.628. The summed E-state index contributed by atoms with van der Waals surface area (Å²) in [7, 11) is 0. The molecular weight excluding hydrogens is 333 g/mol. The van der Waals surface area contributed by atoms with Crippen molar-refractivity contribution in [3.05, 3.63) is 88.3 Å². The fourth-order valence-electron chi connectivity index (χ4n) is 2.26. The molecule has 0 spiro atoms. The fraction of sp³-hybridized carbons (Fsp3) is 0.100. The van der Waals surface area contributed by atoms with E-state index in [0.29, 0.717) is 6.54 Å². The number of thiazole rings is 1. The summed E-state index contributed by atoms with van der Waals surface area (Å²) in [6.45, 7) is 6.30. The van der Waals surface area contributed by atoms with Crippen LogP contribution in [0.3, 0.4) is 0 Å². The molecule has 2 aromatic carbocycles. The molecule has 5 heteroatoms. The normalized spacial score (nSPS) is 12.0. The Labute approximate surface area is 150 Å². The van der Waals surface area contributed by atoms with Crippen LogP contribution in [0.15, 0.2) is 76.7 Å². The van der Waals surface area contributed by atoms with E-state index in [-0.39, 0.29) is 5.82 Å². The molecular formula is C20H18FN3S. The van der Waals surface area contributed by atoms with Crippen LogP contribution >= 0.6 is 11.3 Å². The average Bonchev–Trinajstić information content (AvgIpc) is 3.03. The van der Waals surface area contributed by atoms with E-state index >= 15 is 0 Å². The number of aryl methyl sites for hydroxylation is 1. The Bertz CT molecular complexity index is 948. The summed E-state index contributed by atoms with van der Waals surface area (Å²) in [4.78, 5) is 5.29. The number of halogens is 1. The van der Waals surface area contributed by atoms with Crippen LogP contribution in [0, 0.1) is 12.7 Å². The Morgan fingerprint density at radius 2 is 1.84 bits per heavy atom. The van der Waals surface area contributed by atoms with Gasteiger partial charge in [0.1, 0.15) is 5.82 Å². The van der Waals surface area contributed by atoms with Gasteiger partial charge in [-0.2, -0.15) is 5.10 Å². The minimum absolute atomic E-state index is 0.262. The van der Waals surface area contributed by atoms with Crippen molar-refractivity contribution in [3.63, 3.8) is 0 Å². The van der Waals surface area contributed by atoms with E-state index in [9.17, 15) is 4.39 Å². The molecule has 0 radical (unpaired) electrons. The summed E-state index contributed by atoms with van der Waals surface area (Å²) in [6, 6.07) is 14.5. The van der Waals surface area contributed by atoms with E-state index in [1.165, 1.54) is 29.0 Å². The maximum atomic E-state index is 13.0. The average molecular weight is 351 g/mol. The third-order valence-electron chi connectivity index (χ3n) is 3.58. The lowest BCUT2D eigenvalue weighted by Crippen LogP contribution is -2.12. The molecule has 126 valence electrons. The number of hydrogen-bond acceptors (Lipinski definition) is 3. The zero-order valence-electron chi connectivity index (χ0n) is 13.9. The fourth-order valence-corrected chi connectivity index (χ4v) is 3.11. The number of aromatic nitrogens is 1. The highest BCUT2D eigenvalue weighted by Crippen LogP contribution is 2.20. The Hall–Kier alpha value is -2.79. The molecule has 25 heavy (non-hydrogen) atoms. The topological polar surface area (TPSA) is 29.6 Å². The lowest BCUT2D eigenvalue weighted by Gasteiger charge is -2.04. The largest absolute Gasteiger partial charge is 0.253 e. The van der Waals surface area contributed by atoms with Crippen LogP contribution in [-0.2, 0) is 0 Å². The van der Waals surface area contributed by atoms with Crippen LogP contribution in [0.5, 0.6) is 0 Å². The van der Waals surface area contributed by atoms with E-state index < -0.39 is 0 Å². The monoisotopic (exact) mass is 351 g/mol. The number of benzene rings is 2. The second-order valence-corrected chi connectivity index (χ2v) is 6.34. The highest BCUT2D eigenvalue weighted by molar-refractivity contribution is 7.07. The first-order valence-electron chi connectivity index (χ1n) is 7.86. The standard InChI is InChI=1S/C20H18FN3S/c1-3-12-22-20-24(23-13-16-6-10-18(21)11-7-16)19(14-25-20)17-8-4-15(2)5-9-17/h3-11,13-14H,1,12H2,2H3/b22-20?,23-13-. The highest BCUT2D eigenvalue weighted by Gasteiger charge is 2.07. The molecule has 0 amide bonds. The van der Waals surface area contributed by atoms with Crippen LogP contribution in [0.4, 0.5) is 4.39 Å². The third-order valence-corrected chi connectivity index (χ3v) is 4.43. The van der Waals surface area contributed by atoms with Gasteiger partial charge in [-0.25, -0.2) is 9.07 Å². The summed E-state index contributed by atoms with van der Waals surface area (Å²) in [5.74, 6) is -0.262. The van der Waals surface area contributed by atoms with Gasteiger partial charge < -0.3 is 0 Å². The Balaban J connectivity index is 2.05. The van der Waals surface area contributed by atoms with E-state index in [0.717, 1.165) is 21.6 Å². The molecule has 3 aromatic rings. The molecule has 1 heterocycles. The van der Waals surface area contributed by atoms with Crippen molar-refractivity contribution < 1.29 is 4.39 Å². The van der Waals surface area contributed by atoms with Gasteiger partial charge in [0.25, 0.3) is 0 Å². The van der Waals surface area contributed by atoms with Crippen LogP contribution in [-0.4, -0.2) is 17.4 Å². The first-order valence-corrected chi connectivity index (χ1v) is 8.74. The molecule has 0 N–H and O–H groups in total. The van der Waals surface area contributed by atoms with Gasteiger partial charge in [0.2, 0.25) is 4.80 Å². The maximum Gasteiger partial charge on any atom is 0.206 e. The first-order chi connectivity index (χ1) is 12.2. The molecule has 1 aromatic heterocycles. The predicted octanol–water partition coefficient (Wildman–Crippen LogP) is 4.63. The van der Waals surface area contributed by atoms with Gasteiger partial charge >= 0.3 is 0 Å². The van der Waals surface area contributed by atoms with Crippen molar-refractivity contribution in [2.75, 3.05) is 6.54 Å². The molecule has 0 unspecified atom stereocenters. The molecule has 0 aliphatic heterocycles. The van der Waals surface area contributed by atoms with E-state index in [2.05, 4.69) is 47.9 Å². The highest BCUT2D eigenvalue weighted by atomic mass is 32.1. The summed E-state index contributed by atoms with van der Waals surface area (Å²) < 4.78 is 14.9. The number of nitrogens with zero attached hydrogens (tertiary/aromatic N) is 3. The van der Waals surface area contributed by atoms with Crippen molar-refractivity contribution in [2.24, 2.45) is 10.1 Å². The summed E-state index contributed by atoms with van der Waals surface area (Å²) in [6.07, 6.45) is 3.45.